The van der Waals surface area contributed by atoms with Crippen molar-refractivity contribution in [2.75, 3.05) is 0 Å². The number of rotatable bonds is 0. The van der Waals surface area contributed by atoms with Gasteiger partial charge in [-0.3, -0.25) is 5.10 Å². The van der Waals surface area contributed by atoms with Crippen LogP contribution >= 0.6 is 0 Å². The van der Waals surface area contributed by atoms with Crippen molar-refractivity contribution in [2.45, 2.75) is 0 Å². The topological polar surface area (TPSA) is 41.6 Å². The fourth-order valence-corrected chi connectivity index (χ4v) is 0.887. The Morgan fingerprint density at radius 1 is 1.40 bits per heavy atom. The maximum atomic E-state index is 3.83. The second-order valence-electron chi connectivity index (χ2n) is 2.16. The predicted octanol–water partition coefficient (Wildman–Crippen LogP) is 1.14. The third-order valence-electron chi connectivity index (χ3n) is 1.39. The fourth-order valence-electron chi connectivity index (χ4n) is 0.887. The van der Waals surface area contributed by atoms with Gasteiger partial charge in [-0.05, 0) is 24.6 Å². The molecule has 3 nitrogen and oxygen atoms in total. The van der Waals surface area contributed by atoms with E-state index in [1.165, 1.54) is 0 Å². The molecule has 0 aliphatic rings. The number of fused-ring (bicyclic) bond motifs is 1. The van der Waals surface area contributed by atoms with Crippen molar-refractivity contribution in [2.24, 2.45) is 0 Å². The zero-order valence-corrected chi connectivity index (χ0v) is 5.33. The molecule has 0 unspecified atom stereocenters. The van der Waals surface area contributed by atoms with Gasteiger partial charge in [0.2, 0.25) is 0 Å². The summed E-state index contributed by atoms with van der Waals surface area (Å²) < 4.78 is 0. The molecule has 1 aromatic heterocycles. The summed E-state index contributed by atoms with van der Waals surface area (Å²) in [7, 11) is 0. The van der Waals surface area contributed by atoms with E-state index in [2.05, 4.69) is 22.3 Å². The number of nitrogens with zero attached hydrogens (tertiary/aromatic N) is 2. The van der Waals surface area contributed by atoms with E-state index in [4.69, 9.17) is 0 Å². The highest BCUT2D eigenvalue weighted by atomic mass is 15.3. The smallest absolute Gasteiger partial charge is 0.113 e. The number of hydrogen-bond donors (Lipinski definition) is 1. The zero-order valence-electron chi connectivity index (χ0n) is 5.33. The monoisotopic (exact) mass is 132 g/mol. The average Bonchev–Trinajstić information content (AvgIpc) is 2.33. The molecule has 2 aromatic rings. The van der Waals surface area contributed by atoms with Gasteiger partial charge in [-0.2, -0.15) is 0 Å². The molecular formula is C7H6N3. The molecule has 0 fully saturated rings. The zero-order chi connectivity index (χ0) is 6.97. The summed E-state index contributed by atoms with van der Waals surface area (Å²) in [5.74, 6) is 0. The predicted molar refractivity (Wildman–Crippen MR) is 38.3 cm³/mol. The summed E-state index contributed by atoms with van der Waals surface area (Å²) in [6.45, 7) is 3.77. The Hall–Kier alpha value is -1.38. The summed E-state index contributed by atoms with van der Waals surface area (Å²) in [5.41, 5.74) is 2.78. The summed E-state index contributed by atoms with van der Waals surface area (Å²) in [5, 5.41) is 10.2. The highest BCUT2D eigenvalue weighted by Crippen LogP contribution is 2.08. The molecule has 0 aliphatic carbocycles. The first-order valence-electron chi connectivity index (χ1n) is 2.99. The van der Waals surface area contributed by atoms with E-state index in [0.29, 0.717) is 0 Å². The van der Waals surface area contributed by atoms with Crippen molar-refractivity contribution in [3.8, 4) is 0 Å². The van der Waals surface area contributed by atoms with Crippen molar-refractivity contribution in [3.05, 3.63) is 30.7 Å². The molecule has 0 saturated heterocycles. The van der Waals surface area contributed by atoms with Gasteiger partial charge < -0.3 is 0 Å². The normalized spacial score (nSPS) is 10.5. The summed E-state index contributed by atoms with van der Waals surface area (Å²) >= 11 is 0. The van der Waals surface area contributed by atoms with E-state index in [9.17, 15) is 0 Å². The SMILES string of the molecule is [CH2]c1ccc2[nH]nnc2c1. The minimum atomic E-state index is 0.868. The molecule has 49 valence electrons. The van der Waals surface area contributed by atoms with Crippen LogP contribution in [-0.2, 0) is 0 Å². The van der Waals surface area contributed by atoms with Crippen molar-refractivity contribution < 1.29 is 0 Å². The second-order valence-corrected chi connectivity index (χ2v) is 2.16. The van der Waals surface area contributed by atoms with Gasteiger partial charge in [0.15, 0.2) is 0 Å². The molecule has 0 bridgehead atoms. The molecule has 0 aliphatic heterocycles. The molecule has 2 rings (SSSR count). The first-order valence-corrected chi connectivity index (χ1v) is 2.99. The summed E-state index contributed by atoms with van der Waals surface area (Å²) in [4.78, 5) is 0. The molecule has 0 atom stereocenters. The van der Waals surface area contributed by atoms with Crippen LogP contribution in [0.3, 0.4) is 0 Å². The van der Waals surface area contributed by atoms with Crippen LogP contribution in [0.5, 0.6) is 0 Å². The van der Waals surface area contributed by atoms with E-state index in [-0.39, 0.29) is 0 Å². The maximum Gasteiger partial charge on any atom is 0.113 e. The molecule has 1 N–H and O–H groups in total. The minimum absolute atomic E-state index is 0.868. The van der Waals surface area contributed by atoms with Crippen molar-refractivity contribution >= 4 is 11.0 Å². The molecule has 0 spiro atoms. The third-order valence-corrected chi connectivity index (χ3v) is 1.39. The Labute approximate surface area is 58.1 Å². The number of aromatic nitrogens is 3. The van der Waals surface area contributed by atoms with E-state index in [0.717, 1.165) is 16.6 Å². The summed E-state index contributed by atoms with van der Waals surface area (Å²) in [6.07, 6.45) is 0. The first-order chi connectivity index (χ1) is 4.86. The Kier molecular flexibility index (Phi) is 0.974. The number of hydrogen-bond acceptors (Lipinski definition) is 2. The number of benzene rings is 1. The average molecular weight is 132 g/mol. The van der Waals surface area contributed by atoms with Crippen LogP contribution in [-0.4, -0.2) is 15.4 Å². The van der Waals surface area contributed by atoms with Crippen LogP contribution in [0.25, 0.3) is 11.0 Å². The van der Waals surface area contributed by atoms with Gasteiger partial charge in [-0.25, -0.2) is 0 Å². The van der Waals surface area contributed by atoms with Gasteiger partial charge >= 0.3 is 0 Å². The Balaban J connectivity index is 2.86. The van der Waals surface area contributed by atoms with Crippen LogP contribution < -0.4 is 0 Å². The van der Waals surface area contributed by atoms with E-state index in [1.807, 2.05) is 18.2 Å². The Morgan fingerprint density at radius 3 is 3.20 bits per heavy atom. The van der Waals surface area contributed by atoms with Gasteiger partial charge in [-0.1, -0.05) is 11.3 Å². The fraction of sp³-hybridized carbons (Fsp3) is 0. The van der Waals surface area contributed by atoms with Crippen molar-refractivity contribution in [1.82, 2.24) is 15.4 Å². The minimum Gasteiger partial charge on any atom is -0.258 e. The van der Waals surface area contributed by atoms with Gasteiger partial charge in [0.25, 0.3) is 0 Å². The number of H-pyrrole nitrogens is 1. The summed E-state index contributed by atoms with van der Waals surface area (Å²) in [6, 6.07) is 5.72. The molecule has 0 saturated carbocycles. The second kappa shape index (κ2) is 1.80. The highest BCUT2D eigenvalue weighted by Gasteiger charge is 1.94. The Bertz CT molecular complexity index is 350. The van der Waals surface area contributed by atoms with E-state index >= 15 is 0 Å². The molecule has 0 amide bonds. The van der Waals surface area contributed by atoms with Crippen LogP contribution in [0.2, 0.25) is 0 Å². The quantitative estimate of drug-likeness (QED) is 0.584. The van der Waals surface area contributed by atoms with Gasteiger partial charge in [0.05, 0.1) is 5.52 Å². The van der Waals surface area contributed by atoms with Crippen molar-refractivity contribution in [1.29, 1.82) is 0 Å². The first kappa shape index (κ1) is 5.41. The van der Waals surface area contributed by atoms with Crippen molar-refractivity contribution in [3.63, 3.8) is 0 Å². The van der Waals surface area contributed by atoms with Gasteiger partial charge in [0.1, 0.15) is 5.52 Å². The molecule has 3 heteroatoms. The van der Waals surface area contributed by atoms with Gasteiger partial charge in [-0.15, -0.1) is 5.10 Å². The molecule has 1 aromatic carbocycles. The van der Waals surface area contributed by atoms with E-state index < -0.39 is 0 Å². The lowest BCUT2D eigenvalue weighted by atomic mass is 10.2. The highest BCUT2D eigenvalue weighted by molar-refractivity contribution is 5.74. The van der Waals surface area contributed by atoms with Crippen LogP contribution in [0.1, 0.15) is 5.56 Å². The lowest BCUT2D eigenvalue weighted by Crippen LogP contribution is -1.71. The van der Waals surface area contributed by atoms with Crippen LogP contribution in [0.4, 0.5) is 0 Å². The van der Waals surface area contributed by atoms with Crippen LogP contribution in [0, 0.1) is 6.92 Å². The Morgan fingerprint density at radius 2 is 2.30 bits per heavy atom. The molecule has 1 radical (unpaired) electrons. The maximum absolute atomic E-state index is 3.83. The third kappa shape index (κ3) is 0.673. The molecule has 1 heterocycles. The molecule has 10 heavy (non-hydrogen) atoms. The van der Waals surface area contributed by atoms with Gasteiger partial charge in [0, 0.05) is 0 Å². The van der Waals surface area contributed by atoms with E-state index in [1.54, 1.807) is 0 Å². The lowest BCUT2D eigenvalue weighted by Gasteiger charge is -1.87. The lowest BCUT2D eigenvalue weighted by molar-refractivity contribution is 0.959. The standard InChI is InChI=1S/C7H6N3/c1-5-2-3-6-7(4-5)9-10-8-6/h2-4H,1H2,(H,8,9,10). The largest absolute Gasteiger partial charge is 0.258 e. The number of nitrogens with one attached hydrogen (secondary N) is 1. The van der Waals surface area contributed by atoms with Crippen LogP contribution in [0.15, 0.2) is 18.2 Å². The molecular weight excluding hydrogens is 126 g/mol. The number of aromatic amines is 1.